The van der Waals surface area contributed by atoms with Gasteiger partial charge >= 0.3 is 0 Å². The number of anilines is 1. The zero-order chi connectivity index (χ0) is 22.7. The highest BCUT2D eigenvalue weighted by atomic mass is 32.2. The molecule has 0 fully saturated rings. The first-order valence-electron chi connectivity index (χ1n) is 9.50. The van der Waals surface area contributed by atoms with Gasteiger partial charge in [-0.05, 0) is 36.4 Å². The summed E-state index contributed by atoms with van der Waals surface area (Å²) < 4.78 is 33.8. The molecule has 4 rings (SSSR count). The molecule has 0 unspecified atom stereocenters. The monoisotopic (exact) mass is 453 g/mol. The molecule has 1 N–H and O–H groups in total. The lowest BCUT2D eigenvalue weighted by Gasteiger charge is -2.14. The van der Waals surface area contributed by atoms with Crippen LogP contribution in [0.15, 0.2) is 76.7 Å². The number of rotatable bonds is 6. The minimum atomic E-state index is -0.748. The normalized spacial score (nSPS) is 10.8. The second kappa shape index (κ2) is 9.19. The molecule has 0 bridgehead atoms. The average Bonchev–Trinajstić information content (AvgIpc) is 2.80. The van der Waals surface area contributed by atoms with E-state index < -0.39 is 17.5 Å². The van der Waals surface area contributed by atoms with Crippen LogP contribution in [0.1, 0.15) is 0 Å². The molecular weight excluding hydrogens is 436 g/mol. The first kappa shape index (κ1) is 21.5. The number of methoxy groups -OCH3 is 1. The van der Waals surface area contributed by atoms with Gasteiger partial charge in [0.1, 0.15) is 17.4 Å². The van der Waals surface area contributed by atoms with Crippen LogP contribution >= 0.6 is 11.8 Å². The molecule has 1 heterocycles. The van der Waals surface area contributed by atoms with E-state index in [1.54, 1.807) is 48.5 Å². The zero-order valence-corrected chi connectivity index (χ0v) is 17.7. The van der Waals surface area contributed by atoms with E-state index in [-0.39, 0.29) is 22.2 Å². The van der Waals surface area contributed by atoms with Crippen LogP contribution < -0.4 is 15.6 Å². The molecule has 1 amide bonds. The number of para-hydroxylation sites is 1. The number of fused-ring (bicyclic) bond motifs is 1. The molecule has 0 aliphatic carbocycles. The van der Waals surface area contributed by atoms with Gasteiger partial charge in [-0.1, -0.05) is 30.0 Å². The molecule has 6 nitrogen and oxygen atoms in total. The molecule has 0 saturated carbocycles. The number of carbonyl (C=O) groups is 1. The third-order valence-electron chi connectivity index (χ3n) is 4.59. The van der Waals surface area contributed by atoms with Crippen LogP contribution in [-0.2, 0) is 4.79 Å². The van der Waals surface area contributed by atoms with E-state index in [4.69, 9.17) is 4.74 Å². The molecule has 3 aromatic carbocycles. The minimum Gasteiger partial charge on any atom is -0.497 e. The fraction of sp³-hybridized carbons (Fsp3) is 0.0870. The minimum absolute atomic E-state index is 0.176. The van der Waals surface area contributed by atoms with Crippen molar-refractivity contribution in [3.63, 3.8) is 0 Å². The van der Waals surface area contributed by atoms with Gasteiger partial charge in [-0.25, -0.2) is 13.8 Å². The number of aromatic nitrogens is 2. The maximum atomic E-state index is 13.8. The topological polar surface area (TPSA) is 73.2 Å². The number of amides is 1. The maximum absolute atomic E-state index is 13.8. The van der Waals surface area contributed by atoms with Crippen LogP contribution in [0.25, 0.3) is 16.6 Å². The van der Waals surface area contributed by atoms with Gasteiger partial charge < -0.3 is 10.1 Å². The summed E-state index contributed by atoms with van der Waals surface area (Å²) >= 11 is 1.00. The van der Waals surface area contributed by atoms with Gasteiger partial charge in [-0.3, -0.25) is 14.2 Å². The van der Waals surface area contributed by atoms with E-state index in [9.17, 15) is 18.4 Å². The quantitative estimate of drug-likeness (QED) is 0.346. The largest absolute Gasteiger partial charge is 0.497 e. The fourth-order valence-electron chi connectivity index (χ4n) is 3.10. The fourth-order valence-corrected chi connectivity index (χ4v) is 3.91. The van der Waals surface area contributed by atoms with E-state index >= 15 is 0 Å². The highest BCUT2D eigenvalue weighted by molar-refractivity contribution is 7.99. The smallest absolute Gasteiger partial charge is 0.266 e. The number of nitrogens with one attached hydrogen (secondary N) is 1. The molecule has 32 heavy (non-hydrogen) atoms. The maximum Gasteiger partial charge on any atom is 0.266 e. The number of hydrogen-bond donors (Lipinski definition) is 1. The van der Waals surface area contributed by atoms with Gasteiger partial charge in [0.15, 0.2) is 5.16 Å². The highest BCUT2D eigenvalue weighted by Crippen LogP contribution is 2.24. The Hall–Kier alpha value is -3.72. The summed E-state index contributed by atoms with van der Waals surface area (Å²) in [5, 5.41) is 3.04. The lowest BCUT2D eigenvalue weighted by molar-refractivity contribution is -0.113. The molecule has 0 saturated heterocycles. The second-order valence-corrected chi connectivity index (χ2v) is 7.66. The zero-order valence-electron chi connectivity index (χ0n) is 16.8. The summed E-state index contributed by atoms with van der Waals surface area (Å²) in [5.74, 6) is -1.61. The number of nitrogens with zero attached hydrogens (tertiary/aromatic N) is 2. The number of hydrogen-bond acceptors (Lipinski definition) is 5. The summed E-state index contributed by atoms with van der Waals surface area (Å²) in [6.45, 7) is 0. The highest BCUT2D eigenvalue weighted by Gasteiger charge is 2.16. The Labute approximate surface area is 185 Å². The Morgan fingerprint density at radius 3 is 2.72 bits per heavy atom. The predicted molar refractivity (Wildman–Crippen MR) is 120 cm³/mol. The lowest BCUT2D eigenvalue weighted by atomic mass is 10.2. The number of halogens is 2. The van der Waals surface area contributed by atoms with Gasteiger partial charge in [-0.15, -0.1) is 0 Å². The van der Waals surface area contributed by atoms with Gasteiger partial charge in [0.25, 0.3) is 5.56 Å². The van der Waals surface area contributed by atoms with Crippen molar-refractivity contribution in [3.8, 4) is 11.4 Å². The first-order valence-corrected chi connectivity index (χ1v) is 10.5. The van der Waals surface area contributed by atoms with Crippen molar-refractivity contribution in [2.24, 2.45) is 0 Å². The van der Waals surface area contributed by atoms with Crippen molar-refractivity contribution in [3.05, 3.63) is 88.7 Å². The Morgan fingerprint density at radius 2 is 1.91 bits per heavy atom. The summed E-state index contributed by atoms with van der Waals surface area (Å²) in [6.07, 6.45) is 0. The molecule has 9 heteroatoms. The van der Waals surface area contributed by atoms with Crippen LogP contribution in [0.3, 0.4) is 0 Å². The van der Waals surface area contributed by atoms with Gasteiger partial charge in [0.05, 0.1) is 35.1 Å². The van der Waals surface area contributed by atoms with Crippen molar-refractivity contribution in [1.82, 2.24) is 9.55 Å². The molecule has 0 spiro atoms. The van der Waals surface area contributed by atoms with Crippen molar-refractivity contribution >= 4 is 34.3 Å². The summed E-state index contributed by atoms with van der Waals surface area (Å²) in [4.78, 5) is 30.2. The first-order chi connectivity index (χ1) is 15.5. The SMILES string of the molecule is COc1cccc(-n2c(SCC(=O)Nc3cc(F)ccc3F)nc3ccccc3c2=O)c1. The van der Waals surface area contributed by atoms with Crippen molar-refractivity contribution in [1.29, 1.82) is 0 Å². The third-order valence-corrected chi connectivity index (χ3v) is 5.53. The van der Waals surface area contributed by atoms with E-state index in [1.807, 2.05) is 0 Å². The van der Waals surface area contributed by atoms with Crippen LogP contribution in [0.2, 0.25) is 0 Å². The van der Waals surface area contributed by atoms with Crippen molar-refractivity contribution < 1.29 is 18.3 Å². The molecule has 1 aromatic heterocycles. The van der Waals surface area contributed by atoms with E-state index in [2.05, 4.69) is 10.3 Å². The van der Waals surface area contributed by atoms with Crippen molar-refractivity contribution in [2.75, 3.05) is 18.2 Å². The van der Waals surface area contributed by atoms with Crippen LogP contribution in [0.5, 0.6) is 5.75 Å². The lowest BCUT2D eigenvalue weighted by Crippen LogP contribution is -2.23. The summed E-state index contributed by atoms with van der Waals surface area (Å²) in [7, 11) is 1.52. The molecule has 0 radical (unpaired) electrons. The average molecular weight is 453 g/mol. The third kappa shape index (κ3) is 4.47. The van der Waals surface area contributed by atoms with E-state index in [0.717, 1.165) is 30.0 Å². The molecular formula is C23H17F2N3O3S. The van der Waals surface area contributed by atoms with Gasteiger partial charge in [0.2, 0.25) is 5.91 Å². The van der Waals surface area contributed by atoms with Crippen molar-refractivity contribution in [2.45, 2.75) is 5.16 Å². The predicted octanol–water partition coefficient (Wildman–Crippen LogP) is 4.40. The van der Waals surface area contributed by atoms with Gasteiger partial charge in [-0.2, -0.15) is 0 Å². The summed E-state index contributed by atoms with van der Waals surface area (Å²) in [5.41, 5.74) is 0.442. The Bertz CT molecular complexity index is 1370. The molecule has 0 aliphatic heterocycles. The number of thioether (sulfide) groups is 1. The number of carbonyl (C=O) groups excluding carboxylic acids is 1. The molecule has 0 aliphatic rings. The molecule has 0 atom stereocenters. The van der Waals surface area contributed by atoms with Gasteiger partial charge in [0, 0.05) is 12.1 Å². The molecule has 4 aromatic rings. The Balaban J connectivity index is 1.69. The van der Waals surface area contributed by atoms with E-state index in [0.29, 0.717) is 22.3 Å². The number of ether oxygens (including phenoxy) is 1. The summed E-state index contributed by atoms with van der Waals surface area (Å²) in [6, 6.07) is 16.6. The second-order valence-electron chi connectivity index (χ2n) is 6.71. The Kier molecular flexibility index (Phi) is 6.18. The van der Waals surface area contributed by atoms with Crippen LogP contribution in [-0.4, -0.2) is 28.3 Å². The van der Waals surface area contributed by atoms with Crippen LogP contribution in [0, 0.1) is 11.6 Å². The van der Waals surface area contributed by atoms with Crippen LogP contribution in [0.4, 0.5) is 14.5 Å². The molecule has 162 valence electrons. The standard InChI is InChI=1S/C23H17F2N3O3S/c1-31-16-6-4-5-15(12-16)28-22(30)17-7-2-3-8-19(17)27-23(28)32-13-21(29)26-20-11-14(24)9-10-18(20)25/h2-12H,13H2,1H3,(H,26,29). The number of benzene rings is 3. The Morgan fingerprint density at radius 1 is 1.09 bits per heavy atom. The van der Waals surface area contributed by atoms with E-state index in [1.165, 1.54) is 11.7 Å².